The van der Waals surface area contributed by atoms with E-state index in [9.17, 15) is 0 Å². The molecular formula is C15H23NO2. The van der Waals surface area contributed by atoms with Gasteiger partial charge in [0, 0.05) is 6.54 Å². The normalized spacial score (nSPS) is 24.1. The summed E-state index contributed by atoms with van der Waals surface area (Å²) < 4.78 is 11.2. The number of methoxy groups -OCH3 is 1. The van der Waals surface area contributed by atoms with E-state index in [1.807, 2.05) is 0 Å². The van der Waals surface area contributed by atoms with Gasteiger partial charge in [0.1, 0.15) is 5.75 Å². The van der Waals surface area contributed by atoms with Crippen LogP contribution in [-0.2, 0) is 4.74 Å². The topological polar surface area (TPSA) is 30.5 Å². The van der Waals surface area contributed by atoms with Crippen molar-refractivity contribution in [3.8, 4) is 5.75 Å². The number of aryl methyl sites for hydroxylation is 1. The SMILES string of the molecule is COc1c(C)cc(C2COC(C)CN2)c(C)c1C. The van der Waals surface area contributed by atoms with Gasteiger partial charge in [-0.05, 0) is 49.9 Å². The molecule has 1 aromatic carbocycles. The van der Waals surface area contributed by atoms with Crippen molar-refractivity contribution >= 4 is 0 Å². The second-order valence-electron chi connectivity index (χ2n) is 5.17. The van der Waals surface area contributed by atoms with Crippen LogP contribution in [0.25, 0.3) is 0 Å². The molecule has 1 saturated heterocycles. The van der Waals surface area contributed by atoms with Crippen LogP contribution in [0.3, 0.4) is 0 Å². The summed E-state index contributed by atoms with van der Waals surface area (Å²) in [5.74, 6) is 1.00. The highest BCUT2D eigenvalue weighted by Crippen LogP contribution is 2.32. The zero-order chi connectivity index (χ0) is 13.3. The molecule has 1 aliphatic heterocycles. The van der Waals surface area contributed by atoms with Gasteiger partial charge >= 0.3 is 0 Å². The Morgan fingerprint density at radius 3 is 2.56 bits per heavy atom. The Hall–Kier alpha value is -1.06. The molecule has 1 heterocycles. The zero-order valence-electron chi connectivity index (χ0n) is 12.0. The summed E-state index contributed by atoms with van der Waals surface area (Å²) in [6, 6.07) is 2.52. The molecule has 2 rings (SSSR count). The maximum Gasteiger partial charge on any atom is 0.124 e. The van der Waals surface area contributed by atoms with Crippen LogP contribution < -0.4 is 10.1 Å². The van der Waals surface area contributed by atoms with Crippen LogP contribution in [0.15, 0.2) is 6.07 Å². The number of hydrogen-bond donors (Lipinski definition) is 1. The quantitative estimate of drug-likeness (QED) is 0.874. The van der Waals surface area contributed by atoms with Crippen molar-refractivity contribution < 1.29 is 9.47 Å². The Labute approximate surface area is 109 Å². The lowest BCUT2D eigenvalue weighted by Gasteiger charge is -2.30. The maximum atomic E-state index is 5.74. The van der Waals surface area contributed by atoms with E-state index >= 15 is 0 Å². The molecule has 18 heavy (non-hydrogen) atoms. The van der Waals surface area contributed by atoms with Crippen molar-refractivity contribution in [2.75, 3.05) is 20.3 Å². The highest BCUT2D eigenvalue weighted by Gasteiger charge is 2.22. The van der Waals surface area contributed by atoms with Gasteiger partial charge in [-0.15, -0.1) is 0 Å². The average molecular weight is 249 g/mol. The molecule has 1 aromatic rings. The smallest absolute Gasteiger partial charge is 0.124 e. The molecule has 0 spiro atoms. The number of ether oxygens (including phenoxy) is 2. The summed E-state index contributed by atoms with van der Waals surface area (Å²) >= 11 is 0. The third-order valence-corrected chi connectivity index (χ3v) is 3.84. The van der Waals surface area contributed by atoms with Gasteiger partial charge in [-0.2, -0.15) is 0 Å². The van der Waals surface area contributed by atoms with Gasteiger partial charge in [-0.1, -0.05) is 6.07 Å². The minimum absolute atomic E-state index is 0.296. The molecule has 0 amide bonds. The summed E-state index contributed by atoms with van der Waals surface area (Å²) in [4.78, 5) is 0. The van der Waals surface area contributed by atoms with Crippen molar-refractivity contribution in [3.63, 3.8) is 0 Å². The number of benzene rings is 1. The molecule has 2 atom stereocenters. The van der Waals surface area contributed by atoms with Crippen LogP contribution in [-0.4, -0.2) is 26.4 Å². The highest BCUT2D eigenvalue weighted by atomic mass is 16.5. The first-order chi connectivity index (χ1) is 8.54. The van der Waals surface area contributed by atoms with E-state index in [1.54, 1.807) is 7.11 Å². The second-order valence-corrected chi connectivity index (χ2v) is 5.17. The van der Waals surface area contributed by atoms with E-state index in [0.29, 0.717) is 12.1 Å². The Morgan fingerprint density at radius 1 is 1.28 bits per heavy atom. The second kappa shape index (κ2) is 5.29. The predicted octanol–water partition coefficient (Wildman–Crippen LogP) is 2.67. The molecule has 3 nitrogen and oxygen atoms in total. The first kappa shape index (κ1) is 13.4. The molecule has 2 unspecified atom stereocenters. The van der Waals surface area contributed by atoms with Gasteiger partial charge in [0.25, 0.3) is 0 Å². The van der Waals surface area contributed by atoms with Crippen molar-refractivity contribution in [2.24, 2.45) is 0 Å². The van der Waals surface area contributed by atoms with Crippen LogP contribution in [0, 0.1) is 20.8 Å². The van der Waals surface area contributed by atoms with E-state index in [0.717, 1.165) is 18.9 Å². The number of nitrogens with one attached hydrogen (secondary N) is 1. The summed E-state index contributed by atoms with van der Waals surface area (Å²) in [5.41, 5.74) is 5.05. The fraction of sp³-hybridized carbons (Fsp3) is 0.600. The first-order valence-corrected chi connectivity index (χ1v) is 6.54. The minimum Gasteiger partial charge on any atom is -0.496 e. The summed E-state index contributed by atoms with van der Waals surface area (Å²) in [6.45, 7) is 10.1. The number of hydrogen-bond acceptors (Lipinski definition) is 3. The van der Waals surface area contributed by atoms with E-state index in [4.69, 9.17) is 9.47 Å². The number of morpholine rings is 1. The van der Waals surface area contributed by atoms with Gasteiger partial charge in [-0.25, -0.2) is 0 Å². The Kier molecular flexibility index (Phi) is 3.93. The third kappa shape index (κ3) is 2.38. The van der Waals surface area contributed by atoms with Gasteiger partial charge in [0.2, 0.25) is 0 Å². The molecule has 0 radical (unpaired) electrons. The van der Waals surface area contributed by atoms with E-state index in [2.05, 4.69) is 39.1 Å². The standard InChI is InChI=1S/C15H23NO2/c1-9-6-13(11(3)12(4)15(9)17-5)14-8-18-10(2)7-16-14/h6,10,14,16H,7-8H2,1-5H3. The lowest BCUT2D eigenvalue weighted by molar-refractivity contribution is 0.0147. The Morgan fingerprint density at radius 2 is 2.00 bits per heavy atom. The lowest BCUT2D eigenvalue weighted by Crippen LogP contribution is -2.40. The maximum absolute atomic E-state index is 5.74. The van der Waals surface area contributed by atoms with E-state index in [-0.39, 0.29) is 0 Å². The van der Waals surface area contributed by atoms with Crippen molar-refractivity contribution in [1.82, 2.24) is 5.32 Å². The van der Waals surface area contributed by atoms with Gasteiger partial charge in [0.05, 0.1) is 25.9 Å². The molecule has 0 saturated carbocycles. The Balaban J connectivity index is 2.34. The molecular weight excluding hydrogens is 226 g/mol. The van der Waals surface area contributed by atoms with Crippen molar-refractivity contribution in [2.45, 2.75) is 39.8 Å². The van der Waals surface area contributed by atoms with Crippen molar-refractivity contribution in [1.29, 1.82) is 0 Å². The van der Waals surface area contributed by atoms with Gasteiger partial charge in [0.15, 0.2) is 0 Å². The van der Waals surface area contributed by atoms with Crippen LogP contribution in [0.2, 0.25) is 0 Å². The van der Waals surface area contributed by atoms with Gasteiger partial charge in [-0.3, -0.25) is 0 Å². The molecule has 1 N–H and O–H groups in total. The fourth-order valence-electron chi connectivity index (χ4n) is 2.65. The van der Waals surface area contributed by atoms with Crippen LogP contribution in [0.5, 0.6) is 5.75 Å². The molecule has 0 aliphatic carbocycles. The summed E-state index contributed by atoms with van der Waals surface area (Å²) in [5, 5.41) is 3.55. The monoisotopic (exact) mass is 249 g/mol. The van der Waals surface area contributed by atoms with Crippen LogP contribution >= 0.6 is 0 Å². The summed E-state index contributed by atoms with van der Waals surface area (Å²) in [7, 11) is 1.73. The highest BCUT2D eigenvalue weighted by molar-refractivity contribution is 5.50. The van der Waals surface area contributed by atoms with Gasteiger partial charge < -0.3 is 14.8 Å². The van der Waals surface area contributed by atoms with Crippen molar-refractivity contribution in [3.05, 3.63) is 28.3 Å². The van der Waals surface area contributed by atoms with E-state index < -0.39 is 0 Å². The number of rotatable bonds is 2. The van der Waals surface area contributed by atoms with E-state index in [1.165, 1.54) is 22.3 Å². The lowest BCUT2D eigenvalue weighted by atomic mass is 9.93. The third-order valence-electron chi connectivity index (χ3n) is 3.84. The molecule has 0 bridgehead atoms. The van der Waals surface area contributed by atoms with Crippen LogP contribution in [0.4, 0.5) is 0 Å². The average Bonchev–Trinajstić information content (AvgIpc) is 2.36. The summed E-state index contributed by atoms with van der Waals surface area (Å²) in [6.07, 6.45) is 0.307. The minimum atomic E-state index is 0.296. The zero-order valence-corrected chi connectivity index (χ0v) is 12.0. The largest absolute Gasteiger partial charge is 0.496 e. The molecule has 100 valence electrons. The molecule has 1 aliphatic rings. The van der Waals surface area contributed by atoms with Crippen LogP contribution in [0.1, 0.15) is 35.2 Å². The first-order valence-electron chi connectivity index (χ1n) is 6.54. The predicted molar refractivity (Wildman–Crippen MR) is 73.4 cm³/mol. The molecule has 1 fully saturated rings. The molecule has 3 heteroatoms. The fourth-order valence-corrected chi connectivity index (χ4v) is 2.65. The Bertz CT molecular complexity index is 435. The molecule has 0 aromatic heterocycles.